The highest BCUT2D eigenvalue weighted by atomic mass is 35.5. The van der Waals surface area contributed by atoms with Gasteiger partial charge in [0.05, 0.1) is 18.0 Å². The quantitative estimate of drug-likeness (QED) is 0.336. The molecule has 0 unspecified atom stereocenters. The third-order valence-electron chi connectivity index (χ3n) is 5.15. The average Bonchev–Trinajstić information content (AvgIpc) is 3.26. The van der Waals surface area contributed by atoms with Crippen LogP contribution in [0.4, 0.5) is 0 Å². The summed E-state index contributed by atoms with van der Waals surface area (Å²) in [5.41, 5.74) is 6.81. The molecular weight excluding hydrogens is 458 g/mol. The van der Waals surface area contributed by atoms with Crippen molar-refractivity contribution in [2.75, 3.05) is 6.61 Å². The fraction of sp³-hybridized carbons (Fsp3) is 0.0417. The Kier molecular flexibility index (Phi) is 5.52. The highest BCUT2D eigenvalue weighted by Crippen LogP contribution is 2.29. The van der Waals surface area contributed by atoms with Crippen molar-refractivity contribution in [2.45, 2.75) is 0 Å². The van der Waals surface area contributed by atoms with Gasteiger partial charge < -0.3 is 20.2 Å². The molecule has 34 heavy (non-hydrogen) atoms. The van der Waals surface area contributed by atoms with E-state index < -0.39 is 5.91 Å². The van der Waals surface area contributed by atoms with Crippen molar-refractivity contribution in [2.24, 2.45) is 5.73 Å². The highest BCUT2D eigenvalue weighted by molar-refractivity contribution is 6.31. The number of hydrogen-bond acceptors (Lipinski definition) is 7. The normalized spacial score (nSPS) is 11.0. The van der Waals surface area contributed by atoms with E-state index in [2.05, 4.69) is 20.2 Å². The van der Waals surface area contributed by atoms with Crippen LogP contribution in [-0.4, -0.2) is 38.5 Å². The maximum absolute atomic E-state index is 12.9. The lowest BCUT2D eigenvalue weighted by Crippen LogP contribution is -2.16. The van der Waals surface area contributed by atoms with E-state index in [0.29, 0.717) is 27.2 Å². The molecule has 0 atom stereocenters. The minimum Gasteiger partial charge on any atom is -0.485 e. The largest absolute Gasteiger partial charge is 0.485 e. The van der Waals surface area contributed by atoms with Gasteiger partial charge in [0.15, 0.2) is 6.61 Å². The molecule has 0 aliphatic carbocycles. The van der Waals surface area contributed by atoms with Crippen LogP contribution in [0.15, 0.2) is 67.1 Å². The number of Topliss-reactive ketones (excluding diaryl/α,β-unsaturated/α-hetero) is 1. The van der Waals surface area contributed by atoms with Crippen LogP contribution < -0.4 is 15.2 Å². The second kappa shape index (κ2) is 8.80. The summed E-state index contributed by atoms with van der Waals surface area (Å²) in [4.78, 5) is 31.9. The molecule has 5 aromatic rings. The Morgan fingerprint density at radius 1 is 1.00 bits per heavy atom. The number of primary amides is 1. The lowest BCUT2D eigenvalue weighted by molar-refractivity contribution is 0.0914. The number of benzene rings is 3. The Morgan fingerprint density at radius 3 is 2.68 bits per heavy atom. The van der Waals surface area contributed by atoms with Crippen molar-refractivity contribution in [3.63, 3.8) is 0 Å². The molecule has 0 spiro atoms. The molecular formula is C24H16ClN5O4. The number of hydrogen-bond donors (Lipinski definition) is 2. The number of H-pyrrole nitrogens is 1. The van der Waals surface area contributed by atoms with Crippen LogP contribution in [0.1, 0.15) is 20.7 Å². The van der Waals surface area contributed by atoms with Crippen molar-refractivity contribution in [1.29, 1.82) is 0 Å². The van der Waals surface area contributed by atoms with Gasteiger partial charge in [-0.25, -0.2) is 4.98 Å². The number of aromatic amines is 1. The molecule has 0 aliphatic heterocycles. The van der Waals surface area contributed by atoms with Crippen molar-refractivity contribution in [3.8, 4) is 17.5 Å². The second-order valence-electron chi connectivity index (χ2n) is 7.35. The van der Waals surface area contributed by atoms with Crippen LogP contribution >= 0.6 is 11.6 Å². The zero-order valence-electron chi connectivity index (χ0n) is 17.5. The summed E-state index contributed by atoms with van der Waals surface area (Å²) >= 11 is 6.04. The minimum atomic E-state index is -0.665. The third-order valence-corrected chi connectivity index (χ3v) is 5.38. The fourth-order valence-electron chi connectivity index (χ4n) is 3.57. The van der Waals surface area contributed by atoms with Crippen LogP contribution in [-0.2, 0) is 0 Å². The first kappa shape index (κ1) is 21.4. The van der Waals surface area contributed by atoms with Crippen LogP contribution in [0.3, 0.4) is 0 Å². The molecule has 10 heteroatoms. The molecule has 0 saturated carbocycles. The Labute approximate surface area is 197 Å². The SMILES string of the molecule is NC(=O)c1cc2cc(Cl)ccc2cc1OCC(=O)c1c[nH]c2cc(Oc3nccnn3)ccc12. The summed E-state index contributed by atoms with van der Waals surface area (Å²) in [6, 6.07) is 13.8. The summed E-state index contributed by atoms with van der Waals surface area (Å²) in [7, 11) is 0. The number of carbonyl (C=O) groups excluding carboxylic acids is 2. The Balaban J connectivity index is 1.37. The number of nitrogens with zero attached hydrogens (tertiary/aromatic N) is 3. The first-order valence-electron chi connectivity index (χ1n) is 10.1. The van der Waals surface area contributed by atoms with E-state index in [-0.39, 0.29) is 29.7 Å². The third kappa shape index (κ3) is 4.24. The molecule has 0 radical (unpaired) electrons. The number of fused-ring (bicyclic) bond motifs is 2. The Bertz CT molecular complexity index is 1550. The summed E-state index contributed by atoms with van der Waals surface area (Å²) in [6.07, 6.45) is 4.51. The number of carbonyl (C=O) groups is 2. The number of ketones is 1. The van der Waals surface area contributed by atoms with Gasteiger partial charge in [-0.15, -0.1) is 0 Å². The van der Waals surface area contributed by atoms with Crippen LogP contribution in [0.2, 0.25) is 5.02 Å². The number of halogens is 1. The molecule has 0 fully saturated rings. The summed E-state index contributed by atoms with van der Waals surface area (Å²) in [5.74, 6) is -0.230. The van der Waals surface area contributed by atoms with E-state index in [9.17, 15) is 9.59 Å². The first-order valence-corrected chi connectivity index (χ1v) is 10.5. The molecule has 5 rings (SSSR count). The molecule has 9 nitrogen and oxygen atoms in total. The number of ether oxygens (including phenoxy) is 2. The zero-order chi connectivity index (χ0) is 23.7. The Morgan fingerprint density at radius 2 is 1.88 bits per heavy atom. The van der Waals surface area contributed by atoms with Gasteiger partial charge in [0, 0.05) is 33.8 Å². The molecule has 0 aliphatic rings. The van der Waals surface area contributed by atoms with Crippen molar-refractivity contribution in [1.82, 2.24) is 20.2 Å². The average molecular weight is 474 g/mol. The van der Waals surface area contributed by atoms with Crippen molar-refractivity contribution in [3.05, 3.63) is 83.3 Å². The maximum Gasteiger partial charge on any atom is 0.341 e. The number of aromatic nitrogens is 4. The molecule has 1 amide bonds. The van der Waals surface area contributed by atoms with Gasteiger partial charge >= 0.3 is 6.01 Å². The van der Waals surface area contributed by atoms with Crippen LogP contribution in [0, 0.1) is 0 Å². The van der Waals surface area contributed by atoms with Crippen molar-refractivity contribution < 1.29 is 19.1 Å². The highest BCUT2D eigenvalue weighted by Gasteiger charge is 2.17. The van der Waals surface area contributed by atoms with Gasteiger partial charge in [0.1, 0.15) is 11.5 Å². The topological polar surface area (TPSA) is 133 Å². The van der Waals surface area contributed by atoms with E-state index in [4.69, 9.17) is 26.8 Å². The summed E-state index contributed by atoms with van der Waals surface area (Å²) in [6.45, 7) is -0.284. The van der Waals surface area contributed by atoms with E-state index in [0.717, 1.165) is 10.8 Å². The van der Waals surface area contributed by atoms with Crippen LogP contribution in [0.25, 0.3) is 21.7 Å². The fourth-order valence-corrected chi connectivity index (χ4v) is 3.75. The first-order chi connectivity index (χ1) is 16.5. The minimum absolute atomic E-state index is 0.112. The molecule has 2 aromatic heterocycles. The lowest BCUT2D eigenvalue weighted by Gasteiger charge is -2.11. The predicted molar refractivity (Wildman–Crippen MR) is 126 cm³/mol. The number of nitrogens with two attached hydrogens (primary N) is 1. The summed E-state index contributed by atoms with van der Waals surface area (Å²) in [5, 5.41) is 10.3. The van der Waals surface area contributed by atoms with E-state index >= 15 is 0 Å². The number of nitrogens with one attached hydrogen (secondary N) is 1. The maximum atomic E-state index is 12.9. The smallest absolute Gasteiger partial charge is 0.341 e. The van der Waals surface area contributed by atoms with Gasteiger partial charge in [-0.1, -0.05) is 22.8 Å². The number of amides is 1. The van der Waals surface area contributed by atoms with Crippen LogP contribution in [0.5, 0.6) is 17.5 Å². The monoisotopic (exact) mass is 473 g/mol. The summed E-state index contributed by atoms with van der Waals surface area (Å²) < 4.78 is 11.3. The van der Waals surface area contributed by atoms with E-state index in [1.165, 1.54) is 12.4 Å². The molecule has 3 N–H and O–H groups in total. The van der Waals surface area contributed by atoms with Gasteiger partial charge in [-0.3, -0.25) is 9.59 Å². The van der Waals surface area contributed by atoms with E-state index in [1.807, 2.05) is 0 Å². The molecule has 168 valence electrons. The molecule has 0 bridgehead atoms. The molecule has 2 heterocycles. The zero-order valence-corrected chi connectivity index (χ0v) is 18.2. The lowest BCUT2D eigenvalue weighted by atomic mass is 10.1. The van der Waals surface area contributed by atoms with E-state index in [1.54, 1.807) is 54.7 Å². The Hall–Kier alpha value is -4.50. The van der Waals surface area contributed by atoms with Gasteiger partial charge in [0.25, 0.3) is 5.91 Å². The van der Waals surface area contributed by atoms with Crippen molar-refractivity contribution >= 4 is 45.0 Å². The second-order valence-corrected chi connectivity index (χ2v) is 7.79. The van der Waals surface area contributed by atoms with Gasteiger partial charge in [0.2, 0.25) is 5.78 Å². The van der Waals surface area contributed by atoms with Gasteiger partial charge in [-0.05, 0) is 47.2 Å². The standard InChI is InChI=1S/C24H16ClN5O4/c25-15-2-1-13-9-22(18(23(26)32)8-14(13)7-15)33-12-21(31)19-11-28-20-10-16(3-4-17(19)20)34-24-27-5-6-29-30-24/h1-11,28H,12H2,(H2,26,32). The number of rotatable bonds is 7. The molecule has 3 aromatic carbocycles. The molecule has 0 saturated heterocycles. The van der Waals surface area contributed by atoms with Gasteiger partial charge in [-0.2, -0.15) is 5.10 Å². The predicted octanol–water partition coefficient (Wildman–Crippen LogP) is 4.31.